The molecule has 0 aliphatic carbocycles. The fourth-order valence-electron chi connectivity index (χ4n) is 1.51. The summed E-state index contributed by atoms with van der Waals surface area (Å²) < 4.78 is 51.9. The van der Waals surface area contributed by atoms with E-state index >= 15 is 0 Å². The smallest absolute Gasteiger partial charge is 0.421 e. The van der Waals surface area contributed by atoms with E-state index in [0.717, 1.165) is 5.39 Å². The van der Waals surface area contributed by atoms with Gasteiger partial charge >= 0.3 is 11.2 Å². The van der Waals surface area contributed by atoms with E-state index in [1.165, 1.54) is 12.1 Å². The van der Waals surface area contributed by atoms with E-state index in [1.807, 2.05) is 0 Å². The van der Waals surface area contributed by atoms with Crippen molar-refractivity contribution in [2.75, 3.05) is 0 Å². The van der Waals surface area contributed by atoms with E-state index in [-0.39, 0.29) is 5.75 Å². The van der Waals surface area contributed by atoms with Crippen LogP contribution in [0.1, 0.15) is 0 Å². The summed E-state index contributed by atoms with van der Waals surface area (Å²) in [6.45, 7) is 0. The Bertz CT molecular complexity index is 774. The lowest BCUT2D eigenvalue weighted by Crippen LogP contribution is -2.44. The van der Waals surface area contributed by atoms with Crippen LogP contribution in [0.5, 0.6) is 5.75 Å². The third kappa shape index (κ3) is 2.61. The number of ether oxygens (including phenoxy) is 1. The summed E-state index contributed by atoms with van der Waals surface area (Å²) in [4.78, 5) is 11.2. The zero-order valence-corrected chi connectivity index (χ0v) is 10.7. The molecule has 0 bridgehead atoms. The van der Waals surface area contributed by atoms with E-state index in [4.69, 9.17) is 0 Å². The predicted molar refractivity (Wildman–Crippen MR) is 67.6 cm³/mol. The normalized spacial score (nSPS) is 12.3. The first-order valence-corrected chi connectivity index (χ1v) is 6.88. The molecule has 5 nitrogen and oxygen atoms in total. The molecule has 0 aliphatic rings. The Labute approximate surface area is 113 Å². The summed E-state index contributed by atoms with van der Waals surface area (Å²) in [5, 5.41) is 0.947. The fourth-order valence-corrected chi connectivity index (χ4v) is 1.79. The van der Waals surface area contributed by atoms with E-state index in [9.17, 15) is 22.0 Å². The number of halogens is 2. The Kier molecular flexibility index (Phi) is 3.45. The molecule has 0 spiro atoms. The molecular formula is C12H9F2NO4S. The van der Waals surface area contributed by atoms with Crippen LogP contribution < -0.4 is 9.88 Å². The van der Waals surface area contributed by atoms with Gasteiger partial charge in [-0.2, -0.15) is 8.78 Å². The number of carbonyl (C=O) groups excluding carboxylic acids is 1. The molecule has 0 saturated carbocycles. The summed E-state index contributed by atoms with van der Waals surface area (Å²) in [5.41, 5.74) is 0. The van der Waals surface area contributed by atoms with Gasteiger partial charge in [-0.3, -0.25) is 0 Å². The number of benzene rings is 2. The maximum Gasteiger partial charge on any atom is 0.454 e. The van der Waals surface area contributed by atoms with Crippen molar-refractivity contribution in [2.24, 2.45) is 5.14 Å². The van der Waals surface area contributed by atoms with Gasteiger partial charge in [0.2, 0.25) is 0 Å². The number of nitrogens with two attached hydrogens (primary N) is 1. The average molecular weight is 301 g/mol. The van der Waals surface area contributed by atoms with Gasteiger partial charge in [0.15, 0.2) is 0 Å². The van der Waals surface area contributed by atoms with E-state index in [2.05, 4.69) is 9.88 Å². The van der Waals surface area contributed by atoms with Crippen LogP contribution in [0, 0.1) is 0 Å². The van der Waals surface area contributed by atoms with Crippen LogP contribution in [0.4, 0.5) is 8.78 Å². The minimum Gasteiger partial charge on any atom is -0.421 e. The van der Waals surface area contributed by atoms with Crippen LogP contribution >= 0.6 is 0 Å². The highest BCUT2D eigenvalue weighted by atomic mass is 32.2. The maximum atomic E-state index is 13.1. The zero-order valence-electron chi connectivity index (χ0n) is 9.92. The van der Waals surface area contributed by atoms with Crippen LogP contribution in [-0.4, -0.2) is 19.6 Å². The highest BCUT2D eigenvalue weighted by Crippen LogP contribution is 2.25. The summed E-state index contributed by atoms with van der Waals surface area (Å²) in [7, 11) is -5.37. The van der Waals surface area contributed by atoms with Crippen molar-refractivity contribution in [1.82, 2.24) is 0 Å². The second kappa shape index (κ2) is 4.80. The molecule has 20 heavy (non-hydrogen) atoms. The van der Waals surface area contributed by atoms with Crippen molar-refractivity contribution in [1.29, 1.82) is 0 Å². The number of alkyl halides is 2. The number of esters is 1. The van der Waals surface area contributed by atoms with Crippen LogP contribution in [0.15, 0.2) is 42.5 Å². The molecule has 0 radical (unpaired) electrons. The number of carbonyl (C=O) groups is 1. The van der Waals surface area contributed by atoms with Crippen LogP contribution in [0.25, 0.3) is 10.8 Å². The van der Waals surface area contributed by atoms with Crippen molar-refractivity contribution in [3.63, 3.8) is 0 Å². The predicted octanol–water partition coefficient (Wildman–Crippen LogP) is 1.63. The van der Waals surface area contributed by atoms with Gasteiger partial charge in [-0.05, 0) is 22.9 Å². The lowest BCUT2D eigenvalue weighted by atomic mass is 10.1. The second-order valence-corrected chi connectivity index (χ2v) is 5.56. The summed E-state index contributed by atoms with van der Waals surface area (Å²) >= 11 is 0. The molecule has 0 aromatic heterocycles. The van der Waals surface area contributed by atoms with Crippen LogP contribution in [0.3, 0.4) is 0 Å². The lowest BCUT2D eigenvalue weighted by Gasteiger charge is -2.12. The second-order valence-electron chi connectivity index (χ2n) is 3.96. The van der Waals surface area contributed by atoms with Crippen molar-refractivity contribution in [2.45, 2.75) is 5.25 Å². The number of hydrogen-bond donors (Lipinski definition) is 1. The third-order valence-corrected chi connectivity index (χ3v) is 3.41. The molecule has 0 heterocycles. The molecule has 0 fully saturated rings. The number of hydrogen-bond acceptors (Lipinski definition) is 4. The van der Waals surface area contributed by atoms with Gasteiger partial charge in [-0.15, -0.1) is 0 Å². The van der Waals surface area contributed by atoms with Gasteiger partial charge in [0.05, 0.1) is 0 Å². The topological polar surface area (TPSA) is 86.5 Å². The Hall–Kier alpha value is -2.06. The Morgan fingerprint density at radius 3 is 2.30 bits per heavy atom. The van der Waals surface area contributed by atoms with Gasteiger partial charge in [-0.25, -0.2) is 18.4 Å². The van der Waals surface area contributed by atoms with Crippen LogP contribution in [-0.2, 0) is 14.8 Å². The van der Waals surface area contributed by atoms with Gasteiger partial charge in [0.25, 0.3) is 10.0 Å². The quantitative estimate of drug-likeness (QED) is 0.689. The van der Waals surface area contributed by atoms with Gasteiger partial charge < -0.3 is 4.74 Å². The molecule has 2 rings (SSSR count). The molecular weight excluding hydrogens is 292 g/mol. The average Bonchev–Trinajstić information content (AvgIpc) is 2.37. The van der Waals surface area contributed by atoms with Crippen molar-refractivity contribution >= 4 is 26.8 Å². The van der Waals surface area contributed by atoms with E-state index < -0.39 is 21.2 Å². The highest BCUT2D eigenvalue weighted by Gasteiger charge is 2.53. The third-order valence-electron chi connectivity index (χ3n) is 2.53. The monoisotopic (exact) mass is 301 g/mol. The SMILES string of the molecule is NS(=O)(=O)C(F)(F)C(=O)Oc1ccc2ccccc2c1. The molecule has 2 aromatic rings. The Morgan fingerprint density at radius 1 is 1.10 bits per heavy atom. The van der Waals surface area contributed by atoms with E-state index in [0.29, 0.717) is 5.39 Å². The molecule has 0 unspecified atom stereocenters. The minimum absolute atomic E-state index is 0.197. The largest absolute Gasteiger partial charge is 0.454 e. The number of primary sulfonamides is 1. The van der Waals surface area contributed by atoms with Crippen molar-refractivity contribution in [3.8, 4) is 5.75 Å². The standard InChI is InChI=1S/C12H9F2NO4S/c13-12(14,20(15,17)18)11(16)19-10-6-5-8-3-1-2-4-9(8)7-10/h1-7H,(H2,15,17,18). The maximum absolute atomic E-state index is 13.1. The Morgan fingerprint density at radius 2 is 1.70 bits per heavy atom. The number of fused-ring (bicyclic) bond motifs is 1. The molecule has 0 saturated heterocycles. The van der Waals surface area contributed by atoms with Crippen LogP contribution in [0.2, 0.25) is 0 Å². The summed E-state index contributed by atoms with van der Waals surface area (Å²) in [6, 6.07) is 11.1. The van der Waals surface area contributed by atoms with Gasteiger partial charge in [0, 0.05) is 0 Å². The number of rotatable bonds is 3. The summed E-state index contributed by atoms with van der Waals surface area (Å²) in [6.07, 6.45) is 0. The van der Waals surface area contributed by atoms with Gasteiger partial charge in [-0.1, -0.05) is 30.3 Å². The zero-order chi connectivity index (χ0) is 15.0. The van der Waals surface area contributed by atoms with Crippen molar-refractivity contribution in [3.05, 3.63) is 42.5 Å². The molecule has 0 aliphatic heterocycles. The highest BCUT2D eigenvalue weighted by molar-refractivity contribution is 7.91. The molecule has 8 heteroatoms. The molecule has 106 valence electrons. The molecule has 2 aromatic carbocycles. The minimum atomic E-state index is -5.37. The number of sulfonamides is 1. The first-order chi connectivity index (χ1) is 9.22. The summed E-state index contributed by atoms with van der Waals surface area (Å²) in [5.74, 6) is -2.44. The lowest BCUT2D eigenvalue weighted by molar-refractivity contribution is -0.150. The molecule has 2 N–H and O–H groups in total. The van der Waals surface area contributed by atoms with Gasteiger partial charge in [0.1, 0.15) is 5.75 Å². The van der Waals surface area contributed by atoms with E-state index in [1.54, 1.807) is 30.3 Å². The fraction of sp³-hybridized carbons (Fsp3) is 0.0833. The molecule has 0 atom stereocenters. The molecule has 0 amide bonds. The first kappa shape index (κ1) is 14.4. The van der Waals surface area contributed by atoms with Crippen molar-refractivity contribution < 1.29 is 26.7 Å². The Balaban J connectivity index is 2.31. The first-order valence-electron chi connectivity index (χ1n) is 5.33.